The van der Waals surface area contributed by atoms with Crippen LogP contribution in [0.4, 0.5) is 5.00 Å². The smallest absolute Gasteiger partial charge is 0.348 e. The van der Waals surface area contributed by atoms with Gasteiger partial charge in [0.1, 0.15) is 22.0 Å². The Morgan fingerprint density at radius 2 is 1.78 bits per heavy atom. The van der Waals surface area contributed by atoms with E-state index >= 15 is 0 Å². The molecule has 0 aromatic carbocycles. The Labute approximate surface area is 187 Å². The molecule has 170 valence electrons. The fraction of sp³-hybridized carbons (Fsp3) is 0.381. The van der Waals surface area contributed by atoms with Crippen molar-refractivity contribution >= 4 is 45.3 Å². The minimum atomic E-state index is -0.711. The van der Waals surface area contributed by atoms with Crippen LogP contribution in [0.2, 0.25) is 0 Å². The van der Waals surface area contributed by atoms with E-state index in [4.69, 9.17) is 24.5 Å². The standard InChI is InChI=1S/C21H23N3O7S/c1-5-28-20(26)14-13(16(32-17(14)22)21(27)29-6-2)9-30-19(25)11-7-12-15(10(3)4)24-31-18(12)23-8-11/h7-8,10H,5-6,9,22H2,1-4H3. The zero-order valence-corrected chi connectivity index (χ0v) is 18.9. The van der Waals surface area contributed by atoms with E-state index in [9.17, 15) is 14.4 Å². The third-order valence-electron chi connectivity index (χ3n) is 4.46. The Hall–Kier alpha value is -3.47. The summed E-state index contributed by atoms with van der Waals surface area (Å²) in [6.45, 7) is 7.05. The first-order valence-corrected chi connectivity index (χ1v) is 10.8. The van der Waals surface area contributed by atoms with Crippen molar-refractivity contribution in [3.8, 4) is 0 Å². The molecule has 0 bridgehead atoms. The highest BCUT2D eigenvalue weighted by atomic mass is 32.1. The highest BCUT2D eigenvalue weighted by molar-refractivity contribution is 7.18. The molecule has 11 heteroatoms. The first-order chi connectivity index (χ1) is 15.3. The van der Waals surface area contributed by atoms with E-state index in [-0.39, 0.29) is 52.3 Å². The van der Waals surface area contributed by atoms with E-state index in [1.165, 1.54) is 6.20 Å². The summed E-state index contributed by atoms with van der Waals surface area (Å²) in [5.74, 6) is -2.01. The van der Waals surface area contributed by atoms with Crippen molar-refractivity contribution in [2.75, 3.05) is 18.9 Å². The number of aromatic nitrogens is 2. The van der Waals surface area contributed by atoms with Gasteiger partial charge in [0.05, 0.1) is 29.9 Å². The van der Waals surface area contributed by atoms with Crippen molar-refractivity contribution < 1.29 is 33.1 Å². The second-order valence-electron chi connectivity index (χ2n) is 6.97. The van der Waals surface area contributed by atoms with E-state index in [2.05, 4.69) is 10.1 Å². The first kappa shape index (κ1) is 23.2. The summed E-state index contributed by atoms with van der Waals surface area (Å²) in [5, 5.41) is 4.66. The molecule has 0 aliphatic rings. The van der Waals surface area contributed by atoms with Gasteiger partial charge in [-0.25, -0.2) is 19.4 Å². The van der Waals surface area contributed by atoms with E-state index < -0.39 is 17.9 Å². The fourth-order valence-corrected chi connectivity index (χ4v) is 3.97. The quantitative estimate of drug-likeness (QED) is 0.389. The topological polar surface area (TPSA) is 144 Å². The summed E-state index contributed by atoms with van der Waals surface area (Å²) in [6.07, 6.45) is 1.31. The van der Waals surface area contributed by atoms with Gasteiger partial charge in [-0.15, -0.1) is 11.3 Å². The molecule has 0 radical (unpaired) electrons. The van der Waals surface area contributed by atoms with Crippen LogP contribution in [0.1, 0.15) is 75.3 Å². The third kappa shape index (κ3) is 4.57. The lowest BCUT2D eigenvalue weighted by atomic mass is 10.1. The van der Waals surface area contributed by atoms with Crippen LogP contribution in [-0.2, 0) is 20.8 Å². The summed E-state index contributed by atoms with van der Waals surface area (Å²) >= 11 is 0.877. The molecule has 0 saturated heterocycles. The molecule has 0 fully saturated rings. The average molecular weight is 461 g/mol. The molecule has 0 aliphatic carbocycles. The predicted octanol–water partition coefficient (Wildman–Crippen LogP) is 3.70. The van der Waals surface area contributed by atoms with Crippen LogP contribution < -0.4 is 5.73 Å². The number of esters is 3. The number of hydrogen-bond acceptors (Lipinski definition) is 11. The normalized spacial score (nSPS) is 11.0. The molecule has 32 heavy (non-hydrogen) atoms. The van der Waals surface area contributed by atoms with Crippen molar-refractivity contribution in [3.63, 3.8) is 0 Å². The molecule has 0 amide bonds. The van der Waals surface area contributed by atoms with Crippen molar-refractivity contribution in [1.82, 2.24) is 10.1 Å². The van der Waals surface area contributed by atoms with Gasteiger partial charge in [-0.3, -0.25) is 0 Å². The first-order valence-electron chi connectivity index (χ1n) is 9.96. The summed E-state index contributed by atoms with van der Waals surface area (Å²) in [7, 11) is 0. The molecule has 3 rings (SSSR count). The zero-order valence-electron chi connectivity index (χ0n) is 18.1. The molecule has 0 saturated carbocycles. The Balaban J connectivity index is 1.90. The number of hydrogen-bond donors (Lipinski definition) is 1. The summed E-state index contributed by atoms with van der Waals surface area (Å²) in [6, 6.07) is 1.58. The number of carbonyl (C=O) groups excluding carboxylic acids is 3. The Kier molecular flexibility index (Phi) is 7.08. The van der Waals surface area contributed by atoms with E-state index in [0.717, 1.165) is 11.3 Å². The molecule has 10 nitrogen and oxygen atoms in total. The zero-order chi connectivity index (χ0) is 23.4. The molecular formula is C21H23N3O7S. The number of anilines is 1. The number of rotatable bonds is 8. The highest BCUT2D eigenvalue weighted by Crippen LogP contribution is 2.33. The van der Waals surface area contributed by atoms with Crippen LogP contribution >= 0.6 is 11.3 Å². The maximum absolute atomic E-state index is 12.7. The lowest BCUT2D eigenvalue weighted by molar-refractivity contribution is 0.0437. The van der Waals surface area contributed by atoms with Crippen LogP contribution in [0.3, 0.4) is 0 Å². The molecule has 3 heterocycles. The van der Waals surface area contributed by atoms with Gasteiger partial charge in [-0.05, 0) is 25.8 Å². The van der Waals surface area contributed by atoms with Crippen molar-refractivity contribution in [2.24, 2.45) is 0 Å². The van der Waals surface area contributed by atoms with Gasteiger partial charge in [0, 0.05) is 11.8 Å². The average Bonchev–Trinajstić information content (AvgIpc) is 3.32. The molecular weight excluding hydrogens is 438 g/mol. The van der Waals surface area contributed by atoms with E-state index in [1.54, 1.807) is 19.9 Å². The number of pyridine rings is 1. The van der Waals surface area contributed by atoms with Crippen molar-refractivity contribution in [3.05, 3.63) is 39.5 Å². The molecule has 0 aliphatic heterocycles. The van der Waals surface area contributed by atoms with Crippen molar-refractivity contribution in [2.45, 2.75) is 40.2 Å². The predicted molar refractivity (Wildman–Crippen MR) is 116 cm³/mol. The van der Waals surface area contributed by atoms with Gasteiger partial charge in [-0.1, -0.05) is 19.0 Å². The molecule has 3 aromatic rings. The Morgan fingerprint density at radius 3 is 2.44 bits per heavy atom. The van der Waals surface area contributed by atoms with Gasteiger partial charge in [-0.2, -0.15) is 0 Å². The second kappa shape index (κ2) is 9.77. The maximum Gasteiger partial charge on any atom is 0.348 e. The molecule has 3 aromatic heterocycles. The van der Waals surface area contributed by atoms with Crippen molar-refractivity contribution in [1.29, 1.82) is 0 Å². The summed E-state index contributed by atoms with van der Waals surface area (Å²) < 4.78 is 20.7. The molecule has 0 atom stereocenters. The van der Waals surface area contributed by atoms with Gasteiger partial charge < -0.3 is 24.5 Å². The van der Waals surface area contributed by atoms with Crippen LogP contribution in [0.5, 0.6) is 0 Å². The largest absolute Gasteiger partial charge is 0.462 e. The lowest BCUT2D eigenvalue weighted by Gasteiger charge is -2.09. The molecule has 0 unspecified atom stereocenters. The maximum atomic E-state index is 12.7. The Bertz CT molecular complexity index is 1170. The highest BCUT2D eigenvalue weighted by Gasteiger charge is 2.29. The fourth-order valence-electron chi connectivity index (χ4n) is 3.01. The number of nitrogens with zero attached hydrogens (tertiary/aromatic N) is 2. The van der Waals surface area contributed by atoms with Crippen LogP contribution in [-0.4, -0.2) is 41.3 Å². The van der Waals surface area contributed by atoms with Gasteiger partial charge in [0.15, 0.2) is 0 Å². The number of nitrogens with two attached hydrogens (primary N) is 1. The van der Waals surface area contributed by atoms with Crippen LogP contribution in [0.15, 0.2) is 16.8 Å². The number of ether oxygens (including phenoxy) is 3. The molecule has 2 N–H and O–H groups in total. The van der Waals surface area contributed by atoms with Gasteiger partial charge in [0.2, 0.25) is 0 Å². The Morgan fingerprint density at radius 1 is 1.09 bits per heavy atom. The summed E-state index contributed by atoms with van der Waals surface area (Å²) in [4.78, 5) is 41.7. The minimum absolute atomic E-state index is 0.0117. The van der Waals surface area contributed by atoms with Gasteiger partial charge in [0.25, 0.3) is 5.71 Å². The lowest BCUT2D eigenvalue weighted by Crippen LogP contribution is -2.14. The minimum Gasteiger partial charge on any atom is -0.462 e. The number of fused-ring (bicyclic) bond motifs is 1. The van der Waals surface area contributed by atoms with E-state index in [0.29, 0.717) is 16.8 Å². The van der Waals surface area contributed by atoms with Gasteiger partial charge >= 0.3 is 17.9 Å². The van der Waals surface area contributed by atoms with Crippen LogP contribution in [0, 0.1) is 0 Å². The monoisotopic (exact) mass is 461 g/mol. The second-order valence-corrected chi connectivity index (χ2v) is 8.02. The van der Waals surface area contributed by atoms with E-state index in [1.807, 2.05) is 13.8 Å². The number of nitrogen functional groups attached to an aromatic ring is 1. The SMILES string of the molecule is CCOC(=O)c1sc(N)c(C(=O)OCC)c1COC(=O)c1cnc2onc(C(C)C)c2c1. The third-order valence-corrected chi connectivity index (χ3v) is 5.50. The number of carbonyl (C=O) groups is 3. The summed E-state index contributed by atoms with van der Waals surface area (Å²) in [5.41, 5.74) is 7.24. The number of thiophene rings is 1. The van der Waals surface area contributed by atoms with Crippen LogP contribution in [0.25, 0.3) is 11.1 Å². The molecule has 0 spiro atoms.